The van der Waals surface area contributed by atoms with Crippen molar-refractivity contribution in [1.29, 1.82) is 0 Å². The summed E-state index contributed by atoms with van der Waals surface area (Å²) >= 11 is 6.00. The van der Waals surface area contributed by atoms with E-state index in [1.54, 1.807) is 7.11 Å². The molecule has 1 amide bonds. The van der Waals surface area contributed by atoms with E-state index in [2.05, 4.69) is 12.6 Å². The van der Waals surface area contributed by atoms with E-state index in [0.717, 1.165) is 16.9 Å². The first-order chi connectivity index (χ1) is 11.1. The van der Waals surface area contributed by atoms with Gasteiger partial charge in [0.2, 0.25) is 5.91 Å². The quantitative estimate of drug-likeness (QED) is 0.797. The average Bonchev–Trinajstić information content (AvgIpc) is 2.60. The molecular weight excluding hydrogens is 310 g/mol. The third-order valence-corrected chi connectivity index (χ3v) is 4.50. The fourth-order valence-corrected chi connectivity index (χ4v) is 3.18. The molecule has 3 nitrogen and oxygen atoms in total. The highest BCUT2D eigenvalue weighted by atomic mass is 35.5. The van der Waals surface area contributed by atoms with Crippen LogP contribution in [0.1, 0.15) is 22.6 Å². The molecule has 0 aliphatic carbocycles. The number of nitrogens with zero attached hydrogens (tertiary/aromatic N) is 1. The van der Waals surface area contributed by atoms with Gasteiger partial charge in [0, 0.05) is 24.0 Å². The zero-order chi connectivity index (χ0) is 16.4. The van der Waals surface area contributed by atoms with Crippen LogP contribution in [0.4, 0.5) is 0 Å². The van der Waals surface area contributed by atoms with Crippen LogP contribution in [-0.2, 0) is 11.3 Å². The predicted octanol–water partition coefficient (Wildman–Crippen LogP) is 4.01. The highest BCUT2D eigenvalue weighted by Gasteiger charge is 2.28. The fraction of sp³-hybridized carbons (Fsp3) is 0.211. The first kappa shape index (κ1) is 15.6. The third-order valence-electron chi connectivity index (χ3n) is 4.25. The number of rotatable bonds is 3. The second kappa shape index (κ2) is 6.47. The van der Waals surface area contributed by atoms with E-state index in [9.17, 15) is 4.79 Å². The summed E-state index contributed by atoms with van der Waals surface area (Å²) < 4.78 is 5.32. The molecule has 23 heavy (non-hydrogen) atoms. The third kappa shape index (κ3) is 3.10. The summed E-state index contributed by atoms with van der Waals surface area (Å²) in [4.78, 5) is 13.9. The van der Waals surface area contributed by atoms with Gasteiger partial charge in [0.05, 0.1) is 7.11 Å². The van der Waals surface area contributed by atoms with Crippen LogP contribution in [0.25, 0.3) is 0 Å². The van der Waals surface area contributed by atoms with Gasteiger partial charge in [-0.25, -0.2) is 0 Å². The largest absolute Gasteiger partial charge is 0.497 e. The van der Waals surface area contributed by atoms with Crippen molar-refractivity contribution in [2.75, 3.05) is 13.7 Å². The van der Waals surface area contributed by atoms with Gasteiger partial charge >= 0.3 is 0 Å². The molecule has 0 aromatic heterocycles. The van der Waals surface area contributed by atoms with Gasteiger partial charge in [0.25, 0.3) is 0 Å². The highest BCUT2D eigenvalue weighted by molar-refractivity contribution is 6.30. The normalized spacial score (nSPS) is 16.6. The predicted molar refractivity (Wildman–Crippen MR) is 91.9 cm³/mol. The van der Waals surface area contributed by atoms with Gasteiger partial charge < -0.3 is 9.64 Å². The standard InChI is InChI=1S/C19H18ClNO2/c1-3-19(22)21-11-14-10-16(23-2)8-9-17(14)18(12-21)13-4-6-15(20)7-5-13/h3-10,18H,1,11-12H2,2H3/t18-/m1/s1. The number of halogens is 1. The van der Waals surface area contributed by atoms with E-state index in [4.69, 9.17) is 16.3 Å². The fourth-order valence-electron chi connectivity index (χ4n) is 3.05. The topological polar surface area (TPSA) is 29.5 Å². The molecule has 4 heteroatoms. The molecule has 0 fully saturated rings. The lowest BCUT2D eigenvalue weighted by Crippen LogP contribution is -2.37. The number of benzene rings is 2. The molecule has 0 saturated carbocycles. The van der Waals surface area contributed by atoms with E-state index in [1.807, 2.05) is 41.3 Å². The molecule has 2 aromatic rings. The maximum atomic E-state index is 12.1. The molecule has 1 aliphatic rings. The van der Waals surface area contributed by atoms with Crippen molar-refractivity contribution in [3.05, 3.63) is 76.8 Å². The molecule has 118 valence electrons. The summed E-state index contributed by atoms with van der Waals surface area (Å²) in [6, 6.07) is 13.9. The summed E-state index contributed by atoms with van der Waals surface area (Å²) in [5.74, 6) is 0.856. The van der Waals surface area contributed by atoms with Crippen LogP contribution >= 0.6 is 11.6 Å². The number of amides is 1. The van der Waals surface area contributed by atoms with Gasteiger partial charge in [-0.3, -0.25) is 4.79 Å². The Morgan fingerprint density at radius 1 is 1.30 bits per heavy atom. The number of carbonyl (C=O) groups is 1. The first-order valence-electron chi connectivity index (χ1n) is 7.46. The Morgan fingerprint density at radius 3 is 2.70 bits per heavy atom. The first-order valence-corrected chi connectivity index (χ1v) is 7.83. The molecule has 1 aliphatic heterocycles. The van der Waals surface area contributed by atoms with Crippen molar-refractivity contribution in [2.24, 2.45) is 0 Å². The molecule has 3 rings (SSSR count). The number of hydrogen-bond donors (Lipinski definition) is 0. The molecule has 2 aromatic carbocycles. The molecule has 0 saturated heterocycles. The summed E-state index contributed by atoms with van der Waals surface area (Å²) in [5, 5.41) is 0.707. The van der Waals surface area contributed by atoms with Crippen molar-refractivity contribution < 1.29 is 9.53 Å². The second-order valence-corrected chi connectivity index (χ2v) is 6.03. The minimum Gasteiger partial charge on any atom is -0.497 e. The van der Waals surface area contributed by atoms with Crippen molar-refractivity contribution >= 4 is 17.5 Å². The molecule has 0 unspecified atom stereocenters. The van der Waals surface area contributed by atoms with Gasteiger partial charge in [-0.2, -0.15) is 0 Å². The van der Waals surface area contributed by atoms with E-state index in [-0.39, 0.29) is 11.8 Å². The van der Waals surface area contributed by atoms with Crippen LogP contribution < -0.4 is 4.74 Å². The van der Waals surface area contributed by atoms with Crippen LogP contribution in [-0.4, -0.2) is 24.5 Å². The smallest absolute Gasteiger partial charge is 0.246 e. The number of hydrogen-bond acceptors (Lipinski definition) is 2. The van der Waals surface area contributed by atoms with Crippen LogP contribution in [0, 0.1) is 0 Å². The Balaban J connectivity index is 2.05. The Morgan fingerprint density at radius 2 is 2.04 bits per heavy atom. The maximum absolute atomic E-state index is 12.1. The van der Waals surface area contributed by atoms with E-state index < -0.39 is 0 Å². The van der Waals surface area contributed by atoms with Gasteiger partial charge in [-0.15, -0.1) is 0 Å². The number of methoxy groups -OCH3 is 1. The van der Waals surface area contributed by atoms with Crippen LogP contribution in [0.15, 0.2) is 55.1 Å². The van der Waals surface area contributed by atoms with Gasteiger partial charge in [-0.05, 0) is 47.0 Å². The SMILES string of the molecule is C=CC(=O)N1Cc2cc(OC)ccc2[C@@H](c2ccc(Cl)cc2)C1. The Hall–Kier alpha value is -2.26. The molecule has 1 atom stereocenters. The lowest BCUT2D eigenvalue weighted by atomic mass is 9.84. The summed E-state index contributed by atoms with van der Waals surface area (Å²) in [6.07, 6.45) is 1.37. The number of fused-ring (bicyclic) bond motifs is 1. The lowest BCUT2D eigenvalue weighted by Gasteiger charge is -2.34. The average molecular weight is 328 g/mol. The van der Waals surface area contributed by atoms with Gasteiger partial charge in [0.1, 0.15) is 5.75 Å². The zero-order valence-electron chi connectivity index (χ0n) is 13.0. The van der Waals surface area contributed by atoms with Crippen molar-refractivity contribution in [1.82, 2.24) is 4.90 Å². The van der Waals surface area contributed by atoms with Gasteiger partial charge in [0.15, 0.2) is 0 Å². The number of carbonyl (C=O) groups excluding carboxylic acids is 1. The van der Waals surface area contributed by atoms with Crippen molar-refractivity contribution in [2.45, 2.75) is 12.5 Å². The van der Waals surface area contributed by atoms with Crippen LogP contribution in [0.2, 0.25) is 5.02 Å². The molecule has 1 heterocycles. The van der Waals surface area contributed by atoms with E-state index in [0.29, 0.717) is 18.1 Å². The minimum atomic E-state index is -0.0579. The van der Waals surface area contributed by atoms with Crippen molar-refractivity contribution in [3.63, 3.8) is 0 Å². The highest BCUT2D eigenvalue weighted by Crippen LogP contribution is 2.35. The Labute approximate surface area is 141 Å². The van der Waals surface area contributed by atoms with Crippen LogP contribution in [0.5, 0.6) is 5.75 Å². The van der Waals surface area contributed by atoms with E-state index >= 15 is 0 Å². The monoisotopic (exact) mass is 327 g/mol. The maximum Gasteiger partial charge on any atom is 0.246 e. The minimum absolute atomic E-state index is 0.0579. The molecular formula is C19H18ClNO2. The molecule has 0 bridgehead atoms. The molecule has 0 radical (unpaired) electrons. The van der Waals surface area contributed by atoms with Crippen LogP contribution in [0.3, 0.4) is 0 Å². The Kier molecular flexibility index (Phi) is 4.39. The second-order valence-electron chi connectivity index (χ2n) is 5.59. The van der Waals surface area contributed by atoms with E-state index in [1.165, 1.54) is 11.6 Å². The summed E-state index contributed by atoms with van der Waals surface area (Å²) in [6.45, 7) is 4.80. The lowest BCUT2D eigenvalue weighted by molar-refractivity contribution is -0.127. The number of ether oxygens (including phenoxy) is 1. The summed E-state index contributed by atoms with van der Waals surface area (Å²) in [5.41, 5.74) is 3.47. The molecule has 0 spiro atoms. The summed E-state index contributed by atoms with van der Waals surface area (Å²) in [7, 11) is 1.65. The Bertz CT molecular complexity index is 740. The molecule has 0 N–H and O–H groups in total. The van der Waals surface area contributed by atoms with Crippen molar-refractivity contribution in [3.8, 4) is 5.75 Å². The zero-order valence-corrected chi connectivity index (χ0v) is 13.7. The van der Waals surface area contributed by atoms with Gasteiger partial charge in [-0.1, -0.05) is 36.4 Å².